The molecule has 0 bridgehead atoms. The van der Waals surface area contributed by atoms with Crippen LogP contribution in [0.5, 0.6) is 0 Å². The van der Waals surface area contributed by atoms with Gasteiger partial charge in [-0.05, 0) is 74.7 Å². The second kappa shape index (κ2) is 11.2. The summed E-state index contributed by atoms with van der Waals surface area (Å²) < 4.78 is 7.24. The lowest BCUT2D eigenvalue weighted by Gasteiger charge is -2.22. The topological polar surface area (TPSA) is 92.4 Å². The SMILES string of the molecule is Cc1ccc(-n2nc(C(C)(C)C)cc2NC(=O)CN(Cc2ccco2)C(=O)Nc2ccc(C)c(C)c2)c(C)c1. The lowest BCUT2D eigenvalue weighted by Crippen LogP contribution is -2.40. The highest BCUT2D eigenvalue weighted by Gasteiger charge is 2.24. The first-order chi connectivity index (χ1) is 18.4. The van der Waals surface area contributed by atoms with Gasteiger partial charge >= 0.3 is 6.03 Å². The van der Waals surface area contributed by atoms with Crippen molar-refractivity contribution in [2.45, 2.75) is 60.4 Å². The van der Waals surface area contributed by atoms with Crippen molar-refractivity contribution in [3.05, 3.63) is 94.6 Å². The number of hydrogen-bond acceptors (Lipinski definition) is 4. The van der Waals surface area contributed by atoms with Crippen molar-refractivity contribution in [2.75, 3.05) is 17.2 Å². The Bertz CT molecular complexity index is 1480. The van der Waals surface area contributed by atoms with Crippen molar-refractivity contribution in [2.24, 2.45) is 0 Å². The molecule has 8 heteroatoms. The second-order valence-electron chi connectivity index (χ2n) is 11.1. The Morgan fingerprint density at radius 1 is 0.923 bits per heavy atom. The van der Waals surface area contributed by atoms with Crippen LogP contribution in [0, 0.1) is 27.7 Å². The van der Waals surface area contributed by atoms with E-state index in [-0.39, 0.29) is 24.4 Å². The van der Waals surface area contributed by atoms with Crippen LogP contribution in [0.3, 0.4) is 0 Å². The van der Waals surface area contributed by atoms with Gasteiger partial charge in [-0.3, -0.25) is 4.79 Å². The van der Waals surface area contributed by atoms with Crippen molar-refractivity contribution < 1.29 is 14.0 Å². The van der Waals surface area contributed by atoms with Crippen LogP contribution in [-0.2, 0) is 16.8 Å². The Morgan fingerprint density at radius 3 is 2.33 bits per heavy atom. The fraction of sp³-hybridized carbons (Fsp3) is 0.323. The van der Waals surface area contributed by atoms with Crippen molar-refractivity contribution in [3.63, 3.8) is 0 Å². The van der Waals surface area contributed by atoms with E-state index in [9.17, 15) is 9.59 Å². The highest BCUT2D eigenvalue weighted by atomic mass is 16.3. The molecular weight excluding hydrogens is 490 g/mol. The Balaban J connectivity index is 1.59. The average Bonchev–Trinajstić information content (AvgIpc) is 3.51. The fourth-order valence-corrected chi connectivity index (χ4v) is 4.23. The van der Waals surface area contributed by atoms with Crippen LogP contribution in [0.2, 0.25) is 0 Å². The number of carbonyl (C=O) groups excluding carboxylic acids is 2. The molecule has 0 fully saturated rings. The Hall–Kier alpha value is -4.33. The minimum Gasteiger partial charge on any atom is -0.467 e. The molecule has 39 heavy (non-hydrogen) atoms. The number of rotatable bonds is 7. The number of carbonyl (C=O) groups is 2. The van der Waals surface area contributed by atoms with E-state index in [2.05, 4.69) is 37.5 Å². The first kappa shape index (κ1) is 27.7. The first-order valence-electron chi connectivity index (χ1n) is 13.0. The first-order valence-corrected chi connectivity index (χ1v) is 13.0. The number of nitrogens with one attached hydrogen (secondary N) is 2. The third-order valence-electron chi connectivity index (χ3n) is 6.63. The smallest absolute Gasteiger partial charge is 0.322 e. The summed E-state index contributed by atoms with van der Waals surface area (Å²) in [5.41, 5.74) is 6.56. The second-order valence-corrected chi connectivity index (χ2v) is 11.1. The van der Waals surface area contributed by atoms with Gasteiger partial charge in [0.25, 0.3) is 0 Å². The van der Waals surface area contributed by atoms with Gasteiger partial charge in [0.15, 0.2) is 0 Å². The molecule has 0 aliphatic carbocycles. The maximum Gasteiger partial charge on any atom is 0.322 e. The van der Waals surface area contributed by atoms with Gasteiger partial charge in [0.05, 0.1) is 24.2 Å². The maximum atomic E-state index is 13.4. The Morgan fingerprint density at radius 2 is 1.69 bits per heavy atom. The third kappa shape index (κ3) is 6.76. The number of benzene rings is 2. The van der Waals surface area contributed by atoms with E-state index in [4.69, 9.17) is 9.52 Å². The van der Waals surface area contributed by atoms with Gasteiger partial charge < -0.3 is 20.0 Å². The van der Waals surface area contributed by atoms with E-state index in [1.54, 1.807) is 23.1 Å². The molecule has 8 nitrogen and oxygen atoms in total. The molecule has 4 aromatic rings. The minimum absolute atomic E-state index is 0.140. The van der Waals surface area contributed by atoms with Crippen LogP contribution in [0.25, 0.3) is 5.69 Å². The lowest BCUT2D eigenvalue weighted by molar-refractivity contribution is -0.116. The zero-order chi connectivity index (χ0) is 28.3. The molecule has 0 aliphatic heterocycles. The molecule has 2 aromatic heterocycles. The van der Waals surface area contributed by atoms with E-state index >= 15 is 0 Å². The van der Waals surface area contributed by atoms with Gasteiger partial charge in [0, 0.05) is 17.2 Å². The van der Waals surface area contributed by atoms with Crippen LogP contribution in [0.1, 0.15) is 54.5 Å². The van der Waals surface area contributed by atoms with Gasteiger partial charge in [0.1, 0.15) is 18.1 Å². The molecule has 0 aliphatic rings. The fourth-order valence-electron chi connectivity index (χ4n) is 4.23. The van der Waals surface area contributed by atoms with Gasteiger partial charge in [-0.15, -0.1) is 0 Å². The number of urea groups is 1. The molecule has 2 heterocycles. The highest BCUT2D eigenvalue weighted by Crippen LogP contribution is 2.28. The summed E-state index contributed by atoms with van der Waals surface area (Å²) in [7, 11) is 0. The summed E-state index contributed by atoms with van der Waals surface area (Å²) in [5.74, 6) is 0.779. The molecule has 204 valence electrons. The number of anilines is 2. The van der Waals surface area contributed by atoms with Gasteiger partial charge in [-0.1, -0.05) is 44.5 Å². The normalized spacial score (nSPS) is 11.4. The third-order valence-corrected chi connectivity index (χ3v) is 6.63. The Kier molecular flexibility index (Phi) is 7.95. The summed E-state index contributed by atoms with van der Waals surface area (Å²) in [6, 6.07) is 16.8. The maximum absolute atomic E-state index is 13.4. The van der Waals surface area contributed by atoms with Crippen LogP contribution in [0.15, 0.2) is 65.3 Å². The van der Waals surface area contributed by atoms with Crippen molar-refractivity contribution in [1.29, 1.82) is 0 Å². The van der Waals surface area contributed by atoms with Crippen LogP contribution < -0.4 is 10.6 Å². The van der Waals surface area contributed by atoms with E-state index < -0.39 is 6.03 Å². The number of hydrogen-bond donors (Lipinski definition) is 2. The zero-order valence-corrected chi connectivity index (χ0v) is 23.8. The van der Waals surface area contributed by atoms with Crippen LogP contribution in [-0.4, -0.2) is 33.2 Å². The van der Waals surface area contributed by atoms with E-state index in [1.165, 1.54) is 4.90 Å². The predicted octanol–water partition coefficient (Wildman–Crippen LogP) is 6.67. The molecule has 3 amide bonds. The molecule has 0 spiro atoms. The number of aromatic nitrogens is 2. The molecule has 2 aromatic carbocycles. The van der Waals surface area contributed by atoms with Crippen molar-refractivity contribution >= 4 is 23.4 Å². The molecule has 0 saturated carbocycles. The number of nitrogens with zero attached hydrogens (tertiary/aromatic N) is 3. The van der Waals surface area contributed by atoms with E-state index in [0.717, 1.165) is 33.6 Å². The predicted molar refractivity (Wildman–Crippen MR) is 154 cm³/mol. The average molecular weight is 528 g/mol. The molecule has 0 unspecified atom stereocenters. The summed E-state index contributed by atoms with van der Waals surface area (Å²) in [6.45, 7) is 14.3. The van der Waals surface area contributed by atoms with Crippen LogP contribution in [0.4, 0.5) is 16.3 Å². The van der Waals surface area contributed by atoms with Gasteiger partial charge in [0.2, 0.25) is 5.91 Å². The summed E-state index contributed by atoms with van der Waals surface area (Å²) in [5, 5.41) is 10.7. The van der Waals surface area contributed by atoms with Gasteiger partial charge in [-0.2, -0.15) is 5.10 Å². The number of furan rings is 1. The van der Waals surface area contributed by atoms with E-state index in [1.807, 2.05) is 64.1 Å². The Labute approximate surface area is 230 Å². The molecule has 4 rings (SSSR count). The number of aryl methyl sites for hydroxylation is 4. The van der Waals surface area contributed by atoms with Gasteiger partial charge in [-0.25, -0.2) is 9.48 Å². The van der Waals surface area contributed by atoms with Crippen molar-refractivity contribution in [1.82, 2.24) is 14.7 Å². The summed E-state index contributed by atoms with van der Waals surface area (Å²) in [4.78, 5) is 28.1. The lowest BCUT2D eigenvalue weighted by atomic mass is 9.92. The molecule has 0 atom stereocenters. The van der Waals surface area contributed by atoms with E-state index in [0.29, 0.717) is 17.3 Å². The standard InChI is InChI=1S/C31H37N5O3/c1-20-10-13-26(23(4)15-20)36-28(17-27(34-36)31(5,6)7)33-29(37)19-35(18-25-9-8-14-39-25)30(38)32-24-12-11-21(2)22(3)16-24/h8-17H,18-19H2,1-7H3,(H,32,38)(H,33,37). The molecule has 0 saturated heterocycles. The number of amides is 3. The van der Waals surface area contributed by atoms with Crippen LogP contribution >= 0.6 is 0 Å². The highest BCUT2D eigenvalue weighted by molar-refractivity contribution is 5.96. The minimum atomic E-state index is -0.400. The molecular formula is C31H37N5O3. The quantitative estimate of drug-likeness (QED) is 0.281. The zero-order valence-electron chi connectivity index (χ0n) is 23.8. The monoisotopic (exact) mass is 527 g/mol. The van der Waals surface area contributed by atoms with Crippen molar-refractivity contribution in [3.8, 4) is 5.69 Å². The summed E-state index contributed by atoms with van der Waals surface area (Å²) >= 11 is 0. The summed E-state index contributed by atoms with van der Waals surface area (Å²) in [6.07, 6.45) is 1.55. The molecule has 0 radical (unpaired) electrons. The largest absolute Gasteiger partial charge is 0.467 e. The molecule has 2 N–H and O–H groups in total.